The lowest BCUT2D eigenvalue weighted by Crippen LogP contribution is -2.54. The van der Waals surface area contributed by atoms with Gasteiger partial charge in [-0.2, -0.15) is 17.0 Å². The quantitative estimate of drug-likeness (QED) is 0.712. The predicted octanol–water partition coefficient (Wildman–Crippen LogP) is 1.73. The fourth-order valence-corrected chi connectivity index (χ4v) is 4.49. The molecule has 0 spiro atoms. The number of aromatic nitrogens is 1. The Hall–Kier alpha value is -0.930. The van der Waals surface area contributed by atoms with Crippen LogP contribution in [0, 0.1) is 0 Å². The highest BCUT2D eigenvalue weighted by atomic mass is 35.5. The number of pyridine rings is 1. The Labute approximate surface area is 152 Å². The number of amides is 1. The second kappa shape index (κ2) is 7.97. The number of piperazine rings is 1. The summed E-state index contributed by atoms with van der Waals surface area (Å²) in [7, 11) is -3.49. The van der Waals surface area contributed by atoms with Crippen LogP contribution in [-0.4, -0.2) is 72.1 Å². The smallest absolute Gasteiger partial charge is 0.282 e. The summed E-state index contributed by atoms with van der Waals surface area (Å²) < 4.78 is 27.8. The van der Waals surface area contributed by atoms with Crippen LogP contribution < -0.4 is 0 Å². The molecular formula is C14H20Cl2N4O3S. The standard InChI is InChI=1S/C14H20Cl2N4O3S/c1-3-19(4-2)24(22,23)20-9-7-18(8-10-20)14(21)13-11(15)5-6-12(16)17-13/h5-6H,3-4,7-10H2,1-2H3. The molecule has 1 aromatic heterocycles. The van der Waals surface area contributed by atoms with Gasteiger partial charge in [-0.1, -0.05) is 37.0 Å². The van der Waals surface area contributed by atoms with Crippen LogP contribution >= 0.6 is 23.2 Å². The van der Waals surface area contributed by atoms with Crippen LogP contribution in [0.15, 0.2) is 12.1 Å². The number of carbonyl (C=O) groups is 1. The van der Waals surface area contributed by atoms with Crippen molar-refractivity contribution in [3.8, 4) is 0 Å². The minimum Gasteiger partial charge on any atom is -0.335 e. The molecule has 0 bridgehead atoms. The average Bonchev–Trinajstić information content (AvgIpc) is 2.57. The van der Waals surface area contributed by atoms with E-state index in [2.05, 4.69) is 4.98 Å². The van der Waals surface area contributed by atoms with Gasteiger partial charge in [0.1, 0.15) is 10.8 Å². The van der Waals surface area contributed by atoms with Crippen molar-refractivity contribution in [3.05, 3.63) is 28.0 Å². The molecule has 2 rings (SSSR count). The highest BCUT2D eigenvalue weighted by Gasteiger charge is 2.33. The molecule has 0 saturated carbocycles. The number of hydrogen-bond donors (Lipinski definition) is 0. The molecular weight excluding hydrogens is 375 g/mol. The van der Waals surface area contributed by atoms with Gasteiger partial charge in [-0.25, -0.2) is 4.98 Å². The zero-order valence-corrected chi connectivity index (χ0v) is 15.9. The Morgan fingerprint density at radius 3 is 2.29 bits per heavy atom. The fourth-order valence-electron chi connectivity index (χ4n) is 2.55. The lowest BCUT2D eigenvalue weighted by molar-refractivity contribution is 0.0688. The molecule has 0 aliphatic carbocycles. The molecule has 1 aliphatic rings. The summed E-state index contributed by atoms with van der Waals surface area (Å²) in [5.41, 5.74) is 0.0872. The van der Waals surface area contributed by atoms with Crippen LogP contribution in [-0.2, 0) is 10.2 Å². The monoisotopic (exact) mass is 394 g/mol. The maximum absolute atomic E-state index is 12.5. The van der Waals surface area contributed by atoms with Gasteiger partial charge < -0.3 is 4.90 Å². The molecule has 134 valence electrons. The Kier molecular flexibility index (Phi) is 6.44. The molecule has 1 fully saturated rings. The number of nitrogens with zero attached hydrogens (tertiary/aromatic N) is 4. The minimum absolute atomic E-state index is 0.0872. The molecule has 24 heavy (non-hydrogen) atoms. The van der Waals surface area contributed by atoms with E-state index in [0.717, 1.165) is 0 Å². The third-order valence-electron chi connectivity index (χ3n) is 3.90. The van der Waals surface area contributed by atoms with Crippen molar-refractivity contribution in [1.82, 2.24) is 18.5 Å². The summed E-state index contributed by atoms with van der Waals surface area (Å²) in [5, 5.41) is 0.410. The lowest BCUT2D eigenvalue weighted by atomic mass is 10.3. The van der Waals surface area contributed by atoms with Crippen LogP contribution in [0.3, 0.4) is 0 Å². The van der Waals surface area contributed by atoms with Gasteiger partial charge in [-0.05, 0) is 12.1 Å². The molecule has 7 nitrogen and oxygen atoms in total. The van der Waals surface area contributed by atoms with E-state index in [9.17, 15) is 13.2 Å². The van der Waals surface area contributed by atoms with E-state index in [-0.39, 0.29) is 48.0 Å². The van der Waals surface area contributed by atoms with E-state index < -0.39 is 10.2 Å². The predicted molar refractivity (Wildman–Crippen MR) is 93.6 cm³/mol. The molecule has 2 heterocycles. The van der Waals surface area contributed by atoms with E-state index in [1.54, 1.807) is 18.7 Å². The second-order valence-corrected chi connectivity index (χ2v) is 7.97. The molecule has 0 unspecified atom stereocenters. The number of carbonyl (C=O) groups excluding carboxylic acids is 1. The van der Waals surface area contributed by atoms with Crippen molar-refractivity contribution in [1.29, 1.82) is 0 Å². The summed E-state index contributed by atoms with van der Waals surface area (Å²) in [6.07, 6.45) is 0. The molecule has 0 aromatic carbocycles. The van der Waals surface area contributed by atoms with Crippen molar-refractivity contribution in [2.75, 3.05) is 39.3 Å². The summed E-state index contributed by atoms with van der Waals surface area (Å²) in [6.45, 7) is 5.47. The molecule has 0 atom stereocenters. The minimum atomic E-state index is -3.49. The Balaban J connectivity index is 2.07. The van der Waals surface area contributed by atoms with Crippen molar-refractivity contribution < 1.29 is 13.2 Å². The van der Waals surface area contributed by atoms with Gasteiger partial charge in [-0.15, -0.1) is 0 Å². The van der Waals surface area contributed by atoms with E-state index in [1.807, 2.05) is 0 Å². The van der Waals surface area contributed by atoms with Crippen LogP contribution in [0.25, 0.3) is 0 Å². The molecule has 1 saturated heterocycles. The summed E-state index contributed by atoms with van der Waals surface area (Å²) in [4.78, 5) is 18.0. The maximum Gasteiger partial charge on any atom is 0.282 e. The number of hydrogen-bond acceptors (Lipinski definition) is 4. The topological polar surface area (TPSA) is 73.8 Å². The fraction of sp³-hybridized carbons (Fsp3) is 0.571. The molecule has 1 aromatic rings. The van der Waals surface area contributed by atoms with Gasteiger partial charge in [0.2, 0.25) is 0 Å². The summed E-state index contributed by atoms with van der Waals surface area (Å²) in [5.74, 6) is -0.345. The third-order valence-corrected chi connectivity index (χ3v) is 6.60. The van der Waals surface area contributed by atoms with Crippen LogP contribution in [0.5, 0.6) is 0 Å². The van der Waals surface area contributed by atoms with Crippen molar-refractivity contribution >= 4 is 39.3 Å². The molecule has 0 N–H and O–H groups in total. The van der Waals surface area contributed by atoms with Gasteiger partial charge in [0, 0.05) is 39.3 Å². The largest absolute Gasteiger partial charge is 0.335 e. The third kappa shape index (κ3) is 4.00. The van der Waals surface area contributed by atoms with E-state index in [0.29, 0.717) is 13.1 Å². The van der Waals surface area contributed by atoms with Gasteiger partial charge in [0.25, 0.3) is 16.1 Å². The average molecular weight is 395 g/mol. The first-order chi connectivity index (χ1) is 11.3. The molecule has 0 radical (unpaired) electrons. The number of halogens is 2. The van der Waals surface area contributed by atoms with Gasteiger partial charge in [0.05, 0.1) is 5.02 Å². The Morgan fingerprint density at radius 2 is 1.75 bits per heavy atom. The molecule has 1 aliphatic heterocycles. The summed E-state index contributed by atoms with van der Waals surface area (Å²) >= 11 is 11.8. The normalized spacial score (nSPS) is 16.6. The zero-order valence-electron chi connectivity index (χ0n) is 13.6. The van der Waals surface area contributed by atoms with Crippen LogP contribution in [0.4, 0.5) is 0 Å². The molecule has 1 amide bonds. The first kappa shape index (κ1) is 19.4. The SMILES string of the molecule is CCN(CC)S(=O)(=O)N1CCN(C(=O)c2nc(Cl)ccc2Cl)CC1. The van der Waals surface area contributed by atoms with Crippen molar-refractivity contribution in [3.63, 3.8) is 0 Å². The zero-order chi connectivity index (χ0) is 17.9. The van der Waals surface area contributed by atoms with Gasteiger partial charge in [-0.3, -0.25) is 4.79 Å². The summed E-state index contributed by atoms with van der Waals surface area (Å²) in [6, 6.07) is 3.03. The highest BCUT2D eigenvalue weighted by molar-refractivity contribution is 7.86. The van der Waals surface area contributed by atoms with E-state index in [1.165, 1.54) is 20.7 Å². The highest BCUT2D eigenvalue weighted by Crippen LogP contribution is 2.20. The maximum atomic E-state index is 12.5. The van der Waals surface area contributed by atoms with Crippen LogP contribution in [0.2, 0.25) is 10.2 Å². The van der Waals surface area contributed by atoms with Crippen molar-refractivity contribution in [2.45, 2.75) is 13.8 Å². The second-order valence-electron chi connectivity index (χ2n) is 5.25. The van der Waals surface area contributed by atoms with Gasteiger partial charge in [0.15, 0.2) is 0 Å². The number of rotatable bonds is 5. The Bertz CT molecular complexity index is 702. The van der Waals surface area contributed by atoms with Crippen molar-refractivity contribution in [2.24, 2.45) is 0 Å². The Morgan fingerprint density at radius 1 is 1.17 bits per heavy atom. The van der Waals surface area contributed by atoms with E-state index in [4.69, 9.17) is 23.2 Å². The van der Waals surface area contributed by atoms with Crippen LogP contribution in [0.1, 0.15) is 24.3 Å². The first-order valence-corrected chi connectivity index (χ1v) is 9.83. The first-order valence-electron chi connectivity index (χ1n) is 7.67. The lowest BCUT2D eigenvalue weighted by Gasteiger charge is -2.36. The molecule has 10 heteroatoms. The van der Waals surface area contributed by atoms with E-state index >= 15 is 0 Å². The van der Waals surface area contributed by atoms with Gasteiger partial charge >= 0.3 is 0 Å².